The first-order valence-electron chi connectivity index (χ1n) is 7.67. The van der Waals surface area contributed by atoms with Crippen LogP contribution in [-0.4, -0.2) is 41.6 Å². The molecule has 1 unspecified atom stereocenters. The van der Waals surface area contributed by atoms with Gasteiger partial charge in [-0.25, -0.2) is 0 Å². The monoisotopic (exact) mass is 286 g/mol. The standard InChI is InChI=1S/C15H26O3S/c1-17-2-3-18-4-5-19(16)15-9-12-6-13(10-15)8-14(7-12)11-15/h12-14H,2-11H2,1H3. The van der Waals surface area contributed by atoms with E-state index in [9.17, 15) is 4.21 Å². The molecular weight excluding hydrogens is 260 g/mol. The van der Waals surface area contributed by atoms with Gasteiger partial charge in [0.25, 0.3) is 0 Å². The summed E-state index contributed by atoms with van der Waals surface area (Å²) < 4.78 is 23.3. The van der Waals surface area contributed by atoms with Crippen LogP contribution in [0.3, 0.4) is 0 Å². The quantitative estimate of drug-likeness (QED) is 0.674. The molecule has 3 nitrogen and oxygen atoms in total. The van der Waals surface area contributed by atoms with E-state index in [0.717, 1.165) is 23.5 Å². The lowest BCUT2D eigenvalue weighted by Gasteiger charge is -2.56. The van der Waals surface area contributed by atoms with Crippen LogP contribution < -0.4 is 0 Å². The highest BCUT2D eigenvalue weighted by Crippen LogP contribution is 2.57. The number of ether oxygens (including phenoxy) is 2. The second-order valence-electron chi connectivity index (χ2n) is 6.76. The molecule has 110 valence electrons. The van der Waals surface area contributed by atoms with E-state index in [0.29, 0.717) is 19.8 Å². The van der Waals surface area contributed by atoms with E-state index in [1.807, 2.05) is 0 Å². The van der Waals surface area contributed by atoms with Gasteiger partial charge in [-0.15, -0.1) is 0 Å². The Bertz CT molecular complexity index is 307. The summed E-state index contributed by atoms with van der Waals surface area (Å²) >= 11 is 0. The van der Waals surface area contributed by atoms with Crippen LogP contribution in [-0.2, 0) is 20.3 Å². The maximum atomic E-state index is 12.7. The van der Waals surface area contributed by atoms with E-state index in [1.165, 1.54) is 38.5 Å². The van der Waals surface area contributed by atoms with Gasteiger partial charge in [-0.1, -0.05) is 0 Å². The molecule has 4 fully saturated rings. The van der Waals surface area contributed by atoms with Crippen molar-refractivity contribution in [1.29, 1.82) is 0 Å². The van der Waals surface area contributed by atoms with Gasteiger partial charge >= 0.3 is 0 Å². The highest BCUT2D eigenvalue weighted by atomic mass is 32.2. The third-order valence-corrected chi connectivity index (χ3v) is 7.31. The van der Waals surface area contributed by atoms with Crippen LogP contribution in [0.15, 0.2) is 0 Å². The first-order valence-corrected chi connectivity index (χ1v) is 8.99. The minimum absolute atomic E-state index is 0.166. The lowest BCUT2D eigenvalue weighted by molar-refractivity contribution is 0.0354. The molecule has 4 heteroatoms. The van der Waals surface area contributed by atoms with Gasteiger partial charge in [0.05, 0.1) is 19.8 Å². The summed E-state index contributed by atoms with van der Waals surface area (Å²) in [4.78, 5) is 0. The molecule has 19 heavy (non-hydrogen) atoms. The zero-order chi connectivity index (χ0) is 13.3. The summed E-state index contributed by atoms with van der Waals surface area (Å²) in [6.07, 6.45) is 7.93. The van der Waals surface area contributed by atoms with Crippen molar-refractivity contribution in [1.82, 2.24) is 0 Å². The molecule has 4 aliphatic rings. The average molecular weight is 286 g/mol. The number of methoxy groups -OCH3 is 1. The van der Waals surface area contributed by atoms with E-state index in [4.69, 9.17) is 9.47 Å². The van der Waals surface area contributed by atoms with Crippen LogP contribution in [0.4, 0.5) is 0 Å². The lowest BCUT2D eigenvalue weighted by Crippen LogP contribution is -2.53. The Labute approximate surface area is 118 Å². The first kappa shape index (κ1) is 14.0. The first-order chi connectivity index (χ1) is 9.22. The fraction of sp³-hybridized carbons (Fsp3) is 1.00. The molecule has 0 spiro atoms. The third-order valence-electron chi connectivity index (χ3n) is 5.31. The molecule has 0 saturated heterocycles. The van der Waals surface area contributed by atoms with Crippen molar-refractivity contribution >= 4 is 10.8 Å². The van der Waals surface area contributed by atoms with E-state index in [-0.39, 0.29) is 4.75 Å². The summed E-state index contributed by atoms with van der Waals surface area (Å²) in [6.45, 7) is 1.87. The molecule has 0 radical (unpaired) electrons. The topological polar surface area (TPSA) is 35.5 Å². The van der Waals surface area contributed by atoms with Crippen LogP contribution in [0.5, 0.6) is 0 Å². The molecule has 0 aromatic rings. The Balaban J connectivity index is 1.52. The Kier molecular flexibility index (Phi) is 4.30. The highest BCUT2D eigenvalue weighted by Gasteiger charge is 2.53. The smallest absolute Gasteiger partial charge is 0.0700 e. The minimum atomic E-state index is -0.696. The fourth-order valence-electron chi connectivity index (χ4n) is 4.91. The maximum absolute atomic E-state index is 12.7. The third kappa shape index (κ3) is 2.91. The molecule has 4 saturated carbocycles. The highest BCUT2D eigenvalue weighted by molar-refractivity contribution is 7.86. The molecule has 0 heterocycles. The van der Waals surface area contributed by atoms with Crippen LogP contribution in [0.25, 0.3) is 0 Å². The molecule has 4 rings (SSSR count). The van der Waals surface area contributed by atoms with Gasteiger partial charge in [-0.2, -0.15) is 0 Å². The van der Waals surface area contributed by atoms with E-state index in [2.05, 4.69) is 0 Å². The summed E-state index contributed by atoms with van der Waals surface area (Å²) in [5, 5.41) is 0. The van der Waals surface area contributed by atoms with E-state index >= 15 is 0 Å². The largest absolute Gasteiger partial charge is 0.382 e. The van der Waals surface area contributed by atoms with E-state index in [1.54, 1.807) is 7.11 Å². The molecule has 0 amide bonds. The van der Waals surface area contributed by atoms with Crippen LogP contribution >= 0.6 is 0 Å². The molecule has 0 N–H and O–H groups in total. The SMILES string of the molecule is COCCOCCS(=O)C12CC3CC(CC(C3)C1)C2. The number of hydrogen-bond donors (Lipinski definition) is 0. The van der Waals surface area contributed by atoms with Crippen LogP contribution in [0.2, 0.25) is 0 Å². The number of hydrogen-bond acceptors (Lipinski definition) is 3. The fourth-order valence-corrected chi connectivity index (χ4v) is 6.87. The van der Waals surface area contributed by atoms with E-state index < -0.39 is 10.8 Å². The van der Waals surface area contributed by atoms with Gasteiger partial charge < -0.3 is 9.47 Å². The molecule has 1 atom stereocenters. The Morgan fingerprint density at radius 2 is 1.58 bits per heavy atom. The molecule has 0 aromatic heterocycles. The number of rotatable bonds is 7. The van der Waals surface area contributed by atoms with Crippen LogP contribution in [0, 0.1) is 17.8 Å². The molecule has 0 aromatic carbocycles. The van der Waals surface area contributed by atoms with Gasteiger partial charge in [0.1, 0.15) is 0 Å². The Morgan fingerprint density at radius 3 is 2.11 bits per heavy atom. The Hall–Kier alpha value is 0.0700. The predicted octanol–water partition coefficient (Wildman–Crippen LogP) is 2.37. The van der Waals surface area contributed by atoms with Gasteiger partial charge in [0, 0.05) is 28.4 Å². The van der Waals surface area contributed by atoms with Crippen molar-refractivity contribution in [3.63, 3.8) is 0 Å². The summed E-state index contributed by atoms with van der Waals surface area (Å²) in [6, 6.07) is 0. The van der Waals surface area contributed by atoms with Gasteiger partial charge in [-0.05, 0) is 56.3 Å². The molecule has 4 bridgehead atoms. The normalized spacial score (nSPS) is 41.6. The van der Waals surface area contributed by atoms with Crippen molar-refractivity contribution in [2.75, 3.05) is 32.7 Å². The van der Waals surface area contributed by atoms with Crippen molar-refractivity contribution in [3.8, 4) is 0 Å². The summed E-state index contributed by atoms with van der Waals surface area (Å²) in [7, 11) is 0.981. The summed E-state index contributed by atoms with van der Waals surface area (Å²) in [5.74, 6) is 3.36. The molecule has 0 aliphatic heterocycles. The maximum Gasteiger partial charge on any atom is 0.0700 e. The second-order valence-corrected chi connectivity index (χ2v) is 8.72. The minimum Gasteiger partial charge on any atom is -0.382 e. The van der Waals surface area contributed by atoms with Crippen molar-refractivity contribution in [3.05, 3.63) is 0 Å². The van der Waals surface area contributed by atoms with Gasteiger partial charge in [-0.3, -0.25) is 4.21 Å². The summed E-state index contributed by atoms with van der Waals surface area (Å²) in [5.41, 5.74) is 0. The van der Waals surface area contributed by atoms with Gasteiger partial charge in [0.2, 0.25) is 0 Å². The second kappa shape index (κ2) is 5.82. The molecular formula is C15H26O3S. The zero-order valence-corrected chi connectivity index (χ0v) is 12.8. The average Bonchev–Trinajstić information content (AvgIpc) is 2.36. The van der Waals surface area contributed by atoms with Crippen molar-refractivity contribution < 1.29 is 13.7 Å². The zero-order valence-electron chi connectivity index (χ0n) is 11.9. The van der Waals surface area contributed by atoms with Gasteiger partial charge in [0.15, 0.2) is 0 Å². The predicted molar refractivity (Wildman–Crippen MR) is 76.6 cm³/mol. The van der Waals surface area contributed by atoms with Crippen LogP contribution in [0.1, 0.15) is 38.5 Å². The molecule has 4 aliphatic carbocycles. The van der Waals surface area contributed by atoms with Crippen molar-refractivity contribution in [2.24, 2.45) is 17.8 Å². The van der Waals surface area contributed by atoms with Crippen molar-refractivity contribution in [2.45, 2.75) is 43.3 Å². The lowest BCUT2D eigenvalue weighted by atomic mass is 9.56. The Morgan fingerprint density at radius 1 is 1.00 bits per heavy atom.